The lowest BCUT2D eigenvalue weighted by atomic mass is 9.95. The molecule has 4 rings (SSSR count). The molecule has 0 radical (unpaired) electrons. The Morgan fingerprint density at radius 1 is 1.23 bits per heavy atom. The Balaban J connectivity index is 0.00000124. The number of pyridine rings is 1. The zero-order valence-corrected chi connectivity index (χ0v) is 16.4. The van der Waals surface area contributed by atoms with Crippen molar-refractivity contribution in [2.24, 2.45) is 0 Å². The van der Waals surface area contributed by atoms with Gasteiger partial charge >= 0.3 is 11.8 Å². The second-order valence-corrected chi connectivity index (χ2v) is 6.73. The molecule has 5 N–H and O–H groups in total. The fourth-order valence-electron chi connectivity index (χ4n) is 3.56. The number of H-pyrrole nitrogens is 1. The number of benzene rings is 1. The van der Waals surface area contributed by atoms with Crippen molar-refractivity contribution in [3.63, 3.8) is 0 Å². The van der Waals surface area contributed by atoms with E-state index >= 15 is 0 Å². The number of aliphatic hydroxyl groups is 1. The number of nitrogens with one attached hydrogen (secondary N) is 2. The van der Waals surface area contributed by atoms with Gasteiger partial charge in [-0.3, -0.25) is 14.7 Å². The molecule has 1 aromatic carbocycles. The molecular weight excluding hydrogens is 391 g/mol. The monoisotopic (exact) mass is 414 g/mol. The number of hydrogen-bond acceptors (Lipinski definition) is 6. The Hall–Kier alpha value is -3.53. The summed E-state index contributed by atoms with van der Waals surface area (Å²) in [7, 11) is 1.00. The van der Waals surface area contributed by atoms with Gasteiger partial charge in [0, 0.05) is 13.7 Å². The lowest BCUT2D eigenvalue weighted by molar-refractivity contribution is -0.145. The van der Waals surface area contributed by atoms with Crippen molar-refractivity contribution >= 4 is 34.2 Å². The normalized spacial score (nSPS) is 16.0. The van der Waals surface area contributed by atoms with E-state index in [0.717, 1.165) is 31.9 Å². The van der Waals surface area contributed by atoms with Crippen LogP contribution in [0.4, 0.5) is 15.9 Å². The van der Waals surface area contributed by atoms with Crippen LogP contribution in [0.15, 0.2) is 36.7 Å². The highest BCUT2D eigenvalue weighted by Gasteiger charge is 2.32. The lowest BCUT2D eigenvalue weighted by Crippen LogP contribution is -2.44. The van der Waals surface area contributed by atoms with Crippen LogP contribution in [0, 0.1) is 5.82 Å². The number of anilines is 2. The zero-order valence-electron chi connectivity index (χ0n) is 16.4. The number of amides is 2. The summed E-state index contributed by atoms with van der Waals surface area (Å²) < 4.78 is 13.2. The van der Waals surface area contributed by atoms with E-state index in [0.29, 0.717) is 23.1 Å². The molecule has 1 atom stereocenters. The van der Waals surface area contributed by atoms with Gasteiger partial charge in [-0.15, -0.1) is 0 Å². The van der Waals surface area contributed by atoms with E-state index in [2.05, 4.69) is 20.5 Å². The van der Waals surface area contributed by atoms with Crippen molar-refractivity contribution in [2.75, 3.05) is 24.7 Å². The van der Waals surface area contributed by atoms with Crippen LogP contribution in [0.1, 0.15) is 30.9 Å². The van der Waals surface area contributed by atoms with Gasteiger partial charge in [0.1, 0.15) is 11.6 Å². The highest BCUT2D eigenvalue weighted by Crippen LogP contribution is 2.31. The van der Waals surface area contributed by atoms with Crippen LogP contribution >= 0.6 is 0 Å². The van der Waals surface area contributed by atoms with Crippen LogP contribution in [0.2, 0.25) is 0 Å². The maximum atomic E-state index is 13.2. The quantitative estimate of drug-likeness (QED) is 0.473. The number of aromatic amines is 1. The number of piperidine rings is 1. The summed E-state index contributed by atoms with van der Waals surface area (Å²) >= 11 is 0. The molecule has 0 spiro atoms. The van der Waals surface area contributed by atoms with Crippen molar-refractivity contribution in [3.05, 3.63) is 48.0 Å². The predicted octanol–water partition coefficient (Wildman–Crippen LogP) is 1.98. The second kappa shape index (κ2) is 9.31. The maximum absolute atomic E-state index is 13.2. The SMILES string of the molecule is CO.Nc1ncc(NC(=O)C(=O)N2CCCCC2c2ccc(F)cc2)c2[nH]ncc12. The van der Waals surface area contributed by atoms with Crippen LogP contribution < -0.4 is 11.1 Å². The molecule has 1 saturated heterocycles. The van der Waals surface area contributed by atoms with Crippen molar-refractivity contribution in [1.29, 1.82) is 0 Å². The van der Waals surface area contributed by atoms with Gasteiger partial charge in [-0.2, -0.15) is 5.10 Å². The van der Waals surface area contributed by atoms with Gasteiger partial charge < -0.3 is 21.1 Å². The number of nitrogens with zero attached hydrogens (tertiary/aromatic N) is 3. The fourth-order valence-corrected chi connectivity index (χ4v) is 3.56. The van der Waals surface area contributed by atoms with Gasteiger partial charge in [0.25, 0.3) is 0 Å². The standard InChI is InChI=1S/C19H19FN6O2.CH4O/c20-12-6-4-11(5-7-12)15-3-1-2-8-26(15)19(28)18(27)24-14-10-22-17(21)13-9-23-25-16(13)14;1-2/h4-7,9-10,15H,1-3,8H2,(H2,21,22)(H,23,25)(H,24,27);2H,1H3. The van der Waals surface area contributed by atoms with E-state index in [-0.39, 0.29) is 17.7 Å². The van der Waals surface area contributed by atoms with Gasteiger partial charge in [0.05, 0.1) is 35.0 Å². The number of carbonyl (C=O) groups excluding carboxylic acids is 2. The number of halogens is 1. The Morgan fingerprint density at radius 2 is 1.97 bits per heavy atom. The smallest absolute Gasteiger partial charge is 0.314 e. The number of carbonyl (C=O) groups is 2. The minimum Gasteiger partial charge on any atom is -0.400 e. The fraction of sp³-hybridized carbons (Fsp3) is 0.300. The third-order valence-corrected chi connectivity index (χ3v) is 4.98. The van der Waals surface area contributed by atoms with Crippen LogP contribution in [0.5, 0.6) is 0 Å². The third-order valence-electron chi connectivity index (χ3n) is 4.98. The molecule has 0 bridgehead atoms. The summed E-state index contributed by atoms with van der Waals surface area (Å²) in [6.45, 7) is 0.466. The molecule has 9 nitrogen and oxygen atoms in total. The Morgan fingerprint density at radius 3 is 2.70 bits per heavy atom. The molecule has 3 heterocycles. The first-order chi connectivity index (χ1) is 14.5. The topological polar surface area (TPSA) is 137 Å². The molecule has 2 aromatic heterocycles. The second-order valence-electron chi connectivity index (χ2n) is 6.73. The lowest BCUT2D eigenvalue weighted by Gasteiger charge is -2.35. The maximum Gasteiger partial charge on any atom is 0.314 e. The summed E-state index contributed by atoms with van der Waals surface area (Å²) in [5.41, 5.74) is 7.43. The van der Waals surface area contributed by atoms with E-state index in [1.165, 1.54) is 24.5 Å². The van der Waals surface area contributed by atoms with E-state index in [4.69, 9.17) is 10.8 Å². The van der Waals surface area contributed by atoms with E-state index in [1.54, 1.807) is 17.0 Å². The molecule has 158 valence electrons. The number of aliphatic hydroxyl groups excluding tert-OH is 1. The number of fused-ring (bicyclic) bond motifs is 1. The van der Waals surface area contributed by atoms with E-state index in [9.17, 15) is 14.0 Å². The van der Waals surface area contributed by atoms with Crippen LogP contribution in [0.25, 0.3) is 10.9 Å². The molecule has 10 heteroatoms. The number of likely N-dealkylation sites (tertiary alicyclic amines) is 1. The molecule has 3 aromatic rings. The van der Waals surface area contributed by atoms with Crippen molar-refractivity contribution < 1.29 is 19.1 Å². The summed E-state index contributed by atoms with van der Waals surface area (Å²) in [5, 5.41) is 16.8. The molecular formula is C20H23FN6O3. The molecule has 1 aliphatic heterocycles. The number of nitrogens with two attached hydrogens (primary N) is 1. The molecule has 0 aliphatic carbocycles. The number of rotatable bonds is 2. The average Bonchev–Trinajstić information content (AvgIpc) is 3.28. The number of hydrogen-bond donors (Lipinski definition) is 4. The molecule has 30 heavy (non-hydrogen) atoms. The average molecular weight is 414 g/mol. The first-order valence-electron chi connectivity index (χ1n) is 9.44. The Labute approximate surface area is 172 Å². The predicted molar refractivity (Wildman–Crippen MR) is 110 cm³/mol. The summed E-state index contributed by atoms with van der Waals surface area (Å²) in [6, 6.07) is 5.77. The highest BCUT2D eigenvalue weighted by molar-refractivity contribution is 6.40. The number of nitrogen functional groups attached to an aromatic ring is 1. The van der Waals surface area contributed by atoms with E-state index < -0.39 is 11.8 Å². The molecule has 0 saturated carbocycles. The van der Waals surface area contributed by atoms with Crippen molar-refractivity contribution in [1.82, 2.24) is 20.1 Å². The van der Waals surface area contributed by atoms with Crippen LogP contribution in [-0.2, 0) is 9.59 Å². The van der Waals surface area contributed by atoms with Gasteiger partial charge in [0.15, 0.2) is 0 Å². The Kier molecular flexibility index (Phi) is 6.58. The third kappa shape index (κ3) is 4.23. The highest BCUT2D eigenvalue weighted by atomic mass is 19.1. The summed E-state index contributed by atoms with van der Waals surface area (Å²) in [6.07, 6.45) is 5.35. The van der Waals surface area contributed by atoms with Crippen molar-refractivity contribution in [3.8, 4) is 0 Å². The number of aromatic nitrogens is 3. The minimum absolute atomic E-state index is 0.260. The molecule has 1 aliphatic rings. The van der Waals surface area contributed by atoms with Crippen LogP contribution in [-0.4, -0.2) is 50.7 Å². The van der Waals surface area contributed by atoms with Crippen molar-refractivity contribution in [2.45, 2.75) is 25.3 Å². The van der Waals surface area contributed by atoms with Gasteiger partial charge in [-0.05, 0) is 37.0 Å². The summed E-state index contributed by atoms with van der Waals surface area (Å²) in [4.78, 5) is 31.1. The largest absolute Gasteiger partial charge is 0.400 e. The molecule has 1 fully saturated rings. The first-order valence-corrected chi connectivity index (χ1v) is 9.44. The summed E-state index contributed by atoms with van der Waals surface area (Å²) in [5.74, 6) is -1.47. The minimum atomic E-state index is -0.767. The Bertz CT molecular complexity index is 1040. The molecule has 1 unspecified atom stereocenters. The molecule has 2 amide bonds. The van der Waals surface area contributed by atoms with Gasteiger partial charge in [0.2, 0.25) is 0 Å². The van der Waals surface area contributed by atoms with Gasteiger partial charge in [-0.1, -0.05) is 12.1 Å². The van der Waals surface area contributed by atoms with E-state index in [1.807, 2.05) is 0 Å². The first kappa shape index (κ1) is 21.2. The van der Waals surface area contributed by atoms with Gasteiger partial charge in [-0.25, -0.2) is 9.37 Å². The zero-order chi connectivity index (χ0) is 21.7. The van der Waals surface area contributed by atoms with Crippen LogP contribution in [0.3, 0.4) is 0 Å².